The number of aliphatic hydroxyl groups excluding tert-OH is 1. The van der Waals surface area contributed by atoms with E-state index in [-0.39, 0.29) is 23.8 Å². The van der Waals surface area contributed by atoms with Gasteiger partial charge in [0.05, 0.1) is 12.1 Å². The third-order valence-electron chi connectivity index (χ3n) is 4.75. The van der Waals surface area contributed by atoms with Gasteiger partial charge in [-0.05, 0) is 39.5 Å². The predicted octanol–water partition coefficient (Wildman–Crippen LogP) is 1.05. The minimum Gasteiger partial charge on any atom is -0.391 e. The first-order valence-corrected chi connectivity index (χ1v) is 7.73. The molecule has 2 rings (SSSR count). The highest BCUT2D eigenvalue weighted by atomic mass is 16.3. The molecule has 0 aromatic carbocycles. The molecule has 0 unspecified atom stereocenters. The Bertz CT molecular complexity index is 375. The molecule has 2 amide bonds. The third-order valence-corrected chi connectivity index (χ3v) is 4.75. The van der Waals surface area contributed by atoms with Gasteiger partial charge in [-0.3, -0.25) is 9.59 Å². The van der Waals surface area contributed by atoms with Crippen LogP contribution in [0.1, 0.15) is 52.9 Å². The van der Waals surface area contributed by atoms with E-state index in [4.69, 9.17) is 0 Å². The van der Waals surface area contributed by atoms with Crippen molar-refractivity contribution >= 4 is 11.8 Å². The lowest BCUT2D eigenvalue weighted by molar-refractivity contribution is -0.138. The van der Waals surface area contributed by atoms with Crippen LogP contribution in [0.3, 0.4) is 0 Å². The Kier molecular flexibility index (Phi) is 4.68. The van der Waals surface area contributed by atoms with E-state index in [0.717, 1.165) is 12.8 Å². The molecule has 114 valence electrons. The molecule has 0 aromatic heterocycles. The molecule has 2 N–H and O–H groups in total. The molecule has 0 aromatic rings. The van der Waals surface area contributed by atoms with E-state index in [1.54, 1.807) is 6.92 Å². The van der Waals surface area contributed by atoms with Crippen LogP contribution in [0.2, 0.25) is 0 Å². The first-order valence-electron chi connectivity index (χ1n) is 7.73. The zero-order valence-corrected chi connectivity index (χ0v) is 12.6. The molecule has 20 heavy (non-hydrogen) atoms. The second-order valence-electron chi connectivity index (χ2n) is 6.28. The Labute approximate surface area is 120 Å². The van der Waals surface area contributed by atoms with Crippen molar-refractivity contribution in [3.63, 3.8) is 0 Å². The Balaban J connectivity index is 1.97. The molecule has 5 atom stereocenters. The average molecular weight is 282 g/mol. The van der Waals surface area contributed by atoms with Gasteiger partial charge in [-0.1, -0.05) is 6.92 Å². The van der Waals surface area contributed by atoms with Gasteiger partial charge < -0.3 is 15.3 Å². The topological polar surface area (TPSA) is 69.6 Å². The number of likely N-dealkylation sites (tertiary alicyclic amines) is 1. The van der Waals surface area contributed by atoms with Gasteiger partial charge in [-0.2, -0.15) is 0 Å². The van der Waals surface area contributed by atoms with Gasteiger partial charge >= 0.3 is 0 Å². The van der Waals surface area contributed by atoms with E-state index >= 15 is 0 Å². The molecule has 0 spiro atoms. The summed E-state index contributed by atoms with van der Waals surface area (Å²) in [6.45, 7) is 5.96. The van der Waals surface area contributed by atoms with Crippen molar-refractivity contribution < 1.29 is 14.7 Å². The molecule has 2 aliphatic rings. The molecule has 1 saturated carbocycles. The van der Waals surface area contributed by atoms with E-state index in [0.29, 0.717) is 31.3 Å². The first kappa shape index (κ1) is 15.3. The van der Waals surface area contributed by atoms with Crippen LogP contribution in [0, 0.1) is 5.92 Å². The van der Waals surface area contributed by atoms with Crippen molar-refractivity contribution in [2.75, 3.05) is 0 Å². The van der Waals surface area contributed by atoms with Gasteiger partial charge in [0, 0.05) is 24.4 Å². The third kappa shape index (κ3) is 2.97. The normalized spacial score (nSPS) is 37.2. The van der Waals surface area contributed by atoms with Crippen LogP contribution < -0.4 is 5.32 Å². The first-order chi connectivity index (χ1) is 9.43. The van der Waals surface area contributed by atoms with Crippen molar-refractivity contribution in [1.29, 1.82) is 0 Å². The highest BCUT2D eigenvalue weighted by Gasteiger charge is 2.42. The SMILES string of the molecule is CCC(=O)N[C@@H]1C[C@H](C(=O)N2[C@H](C)CC[C@@H]2C)C[C@H]1O. The summed E-state index contributed by atoms with van der Waals surface area (Å²) in [5.74, 6) is -0.0741. The van der Waals surface area contributed by atoms with Crippen molar-refractivity contribution in [1.82, 2.24) is 10.2 Å². The Morgan fingerprint density at radius 1 is 1.20 bits per heavy atom. The highest BCUT2D eigenvalue weighted by molar-refractivity contribution is 5.81. The molecule has 2 fully saturated rings. The number of nitrogens with one attached hydrogen (secondary N) is 1. The van der Waals surface area contributed by atoms with Crippen LogP contribution in [0.4, 0.5) is 0 Å². The minimum absolute atomic E-state index is 0.0648. The zero-order chi connectivity index (χ0) is 14.9. The van der Waals surface area contributed by atoms with Gasteiger partial charge in [-0.25, -0.2) is 0 Å². The summed E-state index contributed by atoms with van der Waals surface area (Å²) < 4.78 is 0. The van der Waals surface area contributed by atoms with Crippen LogP contribution in [0.15, 0.2) is 0 Å². The standard InChI is InChI=1S/C15H26N2O3/c1-4-14(19)16-12-7-11(8-13(12)18)15(20)17-9(2)5-6-10(17)3/h9-13,18H,4-8H2,1-3H3,(H,16,19)/t9-,10+,11-,12+,13+/m0/s1. The molecule has 0 radical (unpaired) electrons. The molecule has 1 aliphatic carbocycles. The second-order valence-corrected chi connectivity index (χ2v) is 6.28. The fourth-order valence-corrected chi connectivity index (χ4v) is 3.52. The monoisotopic (exact) mass is 282 g/mol. The van der Waals surface area contributed by atoms with E-state index in [1.165, 1.54) is 0 Å². The minimum atomic E-state index is -0.604. The van der Waals surface area contributed by atoms with Crippen molar-refractivity contribution in [3.8, 4) is 0 Å². The summed E-state index contributed by atoms with van der Waals surface area (Å²) in [7, 11) is 0. The summed E-state index contributed by atoms with van der Waals surface area (Å²) in [6.07, 6.45) is 2.93. The number of amides is 2. The lowest BCUT2D eigenvalue weighted by Gasteiger charge is -2.29. The Hall–Kier alpha value is -1.10. The van der Waals surface area contributed by atoms with Crippen molar-refractivity contribution in [2.45, 2.75) is 77.1 Å². The molecule has 5 nitrogen and oxygen atoms in total. The van der Waals surface area contributed by atoms with E-state index in [1.807, 2.05) is 4.90 Å². The van der Waals surface area contributed by atoms with Crippen LogP contribution in [0.25, 0.3) is 0 Å². The van der Waals surface area contributed by atoms with Crippen LogP contribution >= 0.6 is 0 Å². The summed E-state index contributed by atoms with van der Waals surface area (Å²) in [6, 6.07) is 0.308. The van der Waals surface area contributed by atoms with E-state index in [2.05, 4.69) is 19.2 Å². The predicted molar refractivity (Wildman–Crippen MR) is 76.0 cm³/mol. The molecule has 1 heterocycles. The maximum absolute atomic E-state index is 12.6. The molecule has 0 bridgehead atoms. The fraction of sp³-hybridized carbons (Fsp3) is 0.867. The second kappa shape index (κ2) is 6.12. The van der Waals surface area contributed by atoms with Gasteiger partial charge in [0.25, 0.3) is 0 Å². The number of hydrogen-bond acceptors (Lipinski definition) is 3. The van der Waals surface area contributed by atoms with Crippen LogP contribution in [-0.2, 0) is 9.59 Å². The smallest absolute Gasteiger partial charge is 0.226 e. The molecule has 1 aliphatic heterocycles. The van der Waals surface area contributed by atoms with Gasteiger partial charge in [0.15, 0.2) is 0 Å². The highest BCUT2D eigenvalue weighted by Crippen LogP contribution is 2.32. The molecular formula is C15H26N2O3. The summed E-state index contributed by atoms with van der Waals surface area (Å²) in [5, 5.41) is 12.9. The molecule has 5 heteroatoms. The average Bonchev–Trinajstić information content (AvgIpc) is 2.93. The lowest BCUT2D eigenvalue weighted by Crippen LogP contribution is -2.42. The quantitative estimate of drug-likeness (QED) is 0.813. The Morgan fingerprint density at radius 3 is 2.35 bits per heavy atom. The molecule has 1 saturated heterocycles. The summed E-state index contributed by atoms with van der Waals surface area (Å²) in [4.78, 5) is 26.0. The van der Waals surface area contributed by atoms with Gasteiger partial charge in [0.2, 0.25) is 11.8 Å². The number of hydrogen-bond donors (Lipinski definition) is 2. The number of aliphatic hydroxyl groups is 1. The fourth-order valence-electron chi connectivity index (χ4n) is 3.52. The van der Waals surface area contributed by atoms with E-state index < -0.39 is 6.10 Å². The Morgan fingerprint density at radius 2 is 1.80 bits per heavy atom. The number of carbonyl (C=O) groups excluding carboxylic acids is 2. The van der Waals surface area contributed by atoms with Crippen LogP contribution in [-0.4, -0.2) is 46.1 Å². The largest absolute Gasteiger partial charge is 0.391 e. The lowest BCUT2D eigenvalue weighted by atomic mass is 10.0. The van der Waals surface area contributed by atoms with Gasteiger partial charge in [0.1, 0.15) is 0 Å². The van der Waals surface area contributed by atoms with Crippen molar-refractivity contribution in [3.05, 3.63) is 0 Å². The van der Waals surface area contributed by atoms with Crippen LogP contribution in [0.5, 0.6) is 0 Å². The maximum Gasteiger partial charge on any atom is 0.226 e. The van der Waals surface area contributed by atoms with E-state index in [9.17, 15) is 14.7 Å². The summed E-state index contributed by atoms with van der Waals surface area (Å²) >= 11 is 0. The number of carbonyl (C=O) groups is 2. The van der Waals surface area contributed by atoms with Crippen molar-refractivity contribution in [2.24, 2.45) is 5.92 Å². The molecular weight excluding hydrogens is 256 g/mol. The maximum atomic E-state index is 12.6. The van der Waals surface area contributed by atoms with Gasteiger partial charge in [-0.15, -0.1) is 0 Å². The zero-order valence-electron chi connectivity index (χ0n) is 12.6. The summed E-state index contributed by atoms with van der Waals surface area (Å²) in [5.41, 5.74) is 0. The number of nitrogens with zero attached hydrogens (tertiary/aromatic N) is 1. The number of rotatable bonds is 3.